The topological polar surface area (TPSA) is 94.9 Å². The van der Waals surface area contributed by atoms with Gasteiger partial charge < -0.3 is 10.6 Å². The van der Waals surface area contributed by atoms with Crippen molar-refractivity contribution in [2.45, 2.75) is 63.1 Å². The lowest BCUT2D eigenvalue weighted by atomic mass is 9.92. The molecular formula is C18H27N7O. The maximum Gasteiger partial charge on any atom is 0.276 e. The lowest BCUT2D eigenvalue weighted by Gasteiger charge is -2.34. The summed E-state index contributed by atoms with van der Waals surface area (Å²) in [6.07, 6.45) is 10.8. The third-order valence-electron chi connectivity index (χ3n) is 5.68. The van der Waals surface area contributed by atoms with Crippen molar-refractivity contribution in [3.8, 4) is 0 Å². The van der Waals surface area contributed by atoms with E-state index in [0.29, 0.717) is 17.8 Å². The molecule has 1 aliphatic heterocycles. The summed E-state index contributed by atoms with van der Waals surface area (Å²) < 4.78 is 3.65. The summed E-state index contributed by atoms with van der Waals surface area (Å²) in [5.41, 5.74) is 7.37. The second-order valence-corrected chi connectivity index (χ2v) is 7.58. The van der Waals surface area contributed by atoms with Gasteiger partial charge in [-0.05, 0) is 51.0 Å². The van der Waals surface area contributed by atoms with Gasteiger partial charge in [0.25, 0.3) is 5.91 Å². The average molecular weight is 357 g/mol. The Bertz CT molecular complexity index is 759. The summed E-state index contributed by atoms with van der Waals surface area (Å²) in [5, 5.41) is 12.9. The minimum atomic E-state index is -0.0425. The molecule has 8 heteroatoms. The van der Waals surface area contributed by atoms with E-state index in [0.717, 1.165) is 57.2 Å². The molecule has 1 atom stereocenters. The van der Waals surface area contributed by atoms with Crippen molar-refractivity contribution in [3.05, 3.63) is 29.8 Å². The molecule has 0 bridgehead atoms. The Morgan fingerprint density at radius 1 is 1.19 bits per heavy atom. The Labute approximate surface area is 153 Å². The van der Waals surface area contributed by atoms with Crippen molar-refractivity contribution >= 4 is 5.91 Å². The van der Waals surface area contributed by atoms with Gasteiger partial charge in [-0.1, -0.05) is 5.21 Å². The van der Waals surface area contributed by atoms with Gasteiger partial charge in [0.2, 0.25) is 0 Å². The standard InChI is InChI=1S/C18H27N7O/c1-23-11-9-15(21-23)17-4-2-3-10-24(17)18(26)16-12-25(22-20-16)14-7-5-13(19)6-8-14/h9,11-14,17H,2-8,10,19H2,1H3/t13?,14?,17-/m0/s1. The molecule has 1 saturated carbocycles. The van der Waals surface area contributed by atoms with E-state index in [4.69, 9.17) is 5.73 Å². The van der Waals surface area contributed by atoms with Crippen LogP contribution >= 0.6 is 0 Å². The summed E-state index contributed by atoms with van der Waals surface area (Å²) in [7, 11) is 1.90. The molecule has 26 heavy (non-hydrogen) atoms. The lowest BCUT2D eigenvalue weighted by molar-refractivity contribution is 0.0599. The van der Waals surface area contributed by atoms with Crippen molar-refractivity contribution in [1.82, 2.24) is 29.7 Å². The van der Waals surface area contributed by atoms with Crippen LogP contribution in [0.15, 0.2) is 18.5 Å². The number of nitrogens with zero attached hydrogens (tertiary/aromatic N) is 6. The lowest BCUT2D eigenvalue weighted by Crippen LogP contribution is -2.39. The van der Waals surface area contributed by atoms with E-state index >= 15 is 0 Å². The van der Waals surface area contributed by atoms with Gasteiger partial charge in [0.1, 0.15) is 0 Å². The molecule has 0 unspecified atom stereocenters. The number of piperidine rings is 1. The third kappa shape index (κ3) is 3.38. The molecule has 4 rings (SSSR count). The number of hydrogen-bond acceptors (Lipinski definition) is 5. The molecule has 8 nitrogen and oxygen atoms in total. The maximum atomic E-state index is 13.1. The quantitative estimate of drug-likeness (QED) is 0.904. The zero-order valence-electron chi connectivity index (χ0n) is 15.3. The molecule has 1 amide bonds. The molecular weight excluding hydrogens is 330 g/mol. The minimum absolute atomic E-state index is 0.0234. The van der Waals surface area contributed by atoms with Gasteiger partial charge in [-0.15, -0.1) is 5.10 Å². The van der Waals surface area contributed by atoms with Crippen LogP contribution in [0.25, 0.3) is 0 Å². The van der Waals surface area contributed by atoms with Crippen molar-refractivity contribution < 1.29 is 4.79 Å². The van der Waals surface area contributed by atoms with Crippen LogP contribution in [-0.2, 0) is 7.05 Å². The molecule has 1 aliphatic carbocycles. The summed E-state index contributed by atoms with van der Waals surface area (Å²) in [6, 6.07) is 2.62. The molecule has 2 fully saturated rings. The van der Waals surface area contributed by atoms with E-state index in [-0.39, 0.29) is 11.9 Å². The molecule has 2 aliphatic rings. The Balaban J connectivity index is 1.51. The van der Waals surface area contributed by atoms with E-state index in [1.54, 1.807) is 4.68 Å². The van der Waals surface area contributed by atoms with E-state index in [1.165, 1.54) is 0 Å². The van der Waals surface area contributed by atoms with Crippen LogP contribution in [0, 0.1) is 0 Å². The molecule has 2 aromatic rings. The van der Waals surface area contributed by atoms with E-state index < -0.39 is 0 Å². The summed E-state index contributed by atoms with van der Waals surface area (Å²) in [4.78, 5) is 15.0. The number of carbonyl (C=O) groups is 1. The molecule has 1 saturated heterocycles. The Morgan fingerprint density at radius 2 is 2.00 bits per heavy atom. The normalized spacial score (nSPS) is 26.8. The first-order valence-electron chi connectivity index (χ1n) is 9.60. The zero-order chi connectivity index (χ0) is 18.1. The SMILES string of the molecule is Cn1ccc([C@@H]2CCCCN2C(=O)c2cn(C3CCC(N)CC3)nn2)n1. The Hall–Kier alpha value is -2.22. The van der Waals surface area contributed by atoms with Gasteiger partial charge in [0, 0.05) is 25.8 Å². The fourth-order valence-corrected chi connectivity index (χ4v) is 4.16. The predicted molar refractivity (Wildman–Crippen MR) is 96.3 cm³/mol. The highest BCUT2D eigenvalue weighted by Crippen LogP contribution is 2.31. The van der Waals surface area contributed by atoms with Gasteiger partial charge in [-0.25, -0.2) is 4.68 Å². The highest BCUT2D eigenvalue weighted by atomic mass is 16.2. The van der Waals surface area contributed by atoms with E-state index in [1.807, 2.05) is 35.1 Å². The Kier molecular flexibility index (Phi) is 4.76. The first-order valence-corrected chi connectivity index (χ1v) is 9.60. The summed E-state index contributed by atoms with van der Waals surface area (Å²) in [5.74, 6) is -0.0425. The minimum Gasteiger partial charge on any atom is -0.329 e. The number of aryl methyl sites for hydroxylation is 1. The van der Waals surface area contributed by atoms with Gasteiger partial charge in [0.15, 0.2) is 5.69 Å². The van der Waals surface area contributed by atoms with Crippen LogP contribution in [0.5, 0.6) is 0 Å². The van der Waals surface area contributed by atoms with Gasteiger partial charge >= 0.3 is 0 Å². The fraction of sp³-hybridized carbons (Fsp3) is 0.667. The van der Waals surface area contributed by atoms with Crippen molar-refractivity contribution in [1.29, 1.82) is 0 Å². The van der Waals surface area contributed by atoms with Crippen LogP contribution in [0.4, 0.5) is 0 Å². The maximum absolute atomic E-state index is 13.1. The van der Waals surface area contributed by atoms with Crippen molar-refractivity contribution in [2.75, 3.05) is 6.54 Å². The second-order valence-electron chi connectivity index (χ2n) is 7.58. The Morgan fingerprint density at radius 3 is 2.73 bits per heavy atom. The van der Waals surface area contributed by atoms with Crippen LogP contribution < -0.4 is 5.73 Å². The number of nitrogens with two attached hydrogens (primary N) is 1. The monoisotopic (exact) mass is 357 g/mol. The fourth-order valence-electron chi connectivity index (χ4n) is 4.16. The molecule has 140 valence electrons. The molecule has 2 aromatic heterocycles. The number of aromatic nitrogens is 5. The van der Waals surface area contributed by atoms with Crippen LogP contribution in [0.1, 0.15) is 73.2 Å². The smallest absolute Gasteiger partial charge is 0.276 e. The number of likely N-dealkylation sites (tertiary alicyclic amines) is 1. The number of amides is 1. The first kappa shape index (κ1) is 17.2. The molecule has 2 N–H and O–H groups in total. The zero-order valence-corrected chi connectivity index (χ0v) is 15.3. The first-order chi connectivity index (χ1) is 12.6. The van der Waals surface area contributed by atoms with Crippen LogP contribution in [-0.4, -0.2) is 48.2 Å². The third-order valence-corrected chi connectivity index (χ3v) is 5.68. The predicted octanol–water partition coefficient (Wildman–Crippen LogP) is 1.82. The number of carbonyl (C=O) groups excluding carboxylic acids is 1. The van der Waals surface area contributed by atoms with Crippen LogP contribution in [0.2, 0.25) is 0 Å². The molecule has 3 heterocycles. The summed E-state index contributed by atoms with van der Waals surface area (Å²) in [6.45, 7) is 0.741. The van der Waals surface area contributed by atoms with Crippen molar-refractivity contribution in [2.24, 2.45) is 12.8 Å². The van der Waals surface area contributed by atoms with E-state index in [2.05, 4.69) is 15.4 Å². The molecule has 0 aromatic carbocycles. The van der Waals surface area contributed by atoms with Crippen molar-refractivity contribution in [3.63, 3.8) is 0 Å². The number of hydrogen-bond donors (Lipinski definition) is 1. The highest BCUT2D eigenvalue weighted by molar-refractivity contribution is 5.92. The molecule has 0 spiro atoms. The van der Waals surface area contributed by atoms with Gasteiger partial charge in [0.05, 0.1) is 24.0 Å². The largest absolute Gasteiger partial charge is 0.329 e. The summed E-state index contributed by atoms with van der Waals surface area (Å²) >= 11 is 0. The molecule has 0 radical (unpaired) electrons. The van der Waals surface area contributed by atoms with Gasteiger partial charge in [-0.3, -0.25) is 9.48 Å². The number of rotatable bonds is 3. The average Bonchev–Trinajstić information content (AvgIpc) is 3.31. The second kappa shape index (κ2) is 7.19. The highest BCUT2D eigenvalue weighted by Gasteiger charge is 2.32. The van der Waals surface area contributed by atoms with Crippen LogP contribution in [0.3, 0.4) is 0 Å². The van der Waals surface area contributed by atoms with E-state index in [9.17, 15) is 4.79 Å². The van der Waals surface area contributed by atoms with Gasteiger partial charge in [-0.2, -0.15) is 5.10 Å².